The monoisotopic (exact) mass is 437 g/mol. The van der Waals surface area contributed by atoms with Gasteiger partial charge in [-0.1, -0.05) is 54.9 Å². The molecule has 1 saturated carbocycles. The van der Waals surface area contributed by atoms with Gasteiger partial charge in [0.05, 0.1) is 0 Å². The highest BCUT2D eigenvalue weighted by Crippen LogP contribution is 2.30. The first-order chi connectivity index (χ1) is 13.6. The number of amides is 1. The summed E-state index contributed by atoms with van der Waals surface area (Å²) >= 11 is 8.95. The van der Waals surface area contributed by atoms with Crippen molar-refractivity contribution in [3.63, 3.8) is 0 Å². The lowest BCUT2D eigenvalue weighted by atomic mass is 9.89. The molecule has 3 rings (SSSR count). The molecule has 1 aromatic heterocycles. The highest BCUT2D eigenvalue weighted by Gasteiger charge is 2.22. The van der Waals surface area contributed by atoms with Crippen LogP contribution in [0.1, 0.15) is 53.0 Å². The Morgan fingerprint density at radius 1 is 1.29 bits per heavy atom. The lowest BCUT2D eigenvalue weighted by Gasteiger charge is -2.29. The molecule has 1 heterocycles. The van der Waals surface area contributed by atoms with Crippen molar-refractivity contribution in [3.05, 3.63) is 45.4 Å². The summed E-state index contributed by atoms with van der Waals surface area (Å²) in [6.07, 6.45) is 9.39. The first kappa shape index (κ1) is 21.5. The fraction of sp³-hybridized carbons (Fsp3) is 0.524. The van der Waals surface area contributed by atoms with Crippen LogP contribution >= 0.6 is 34.9 Å². The van der Waals surface area contributed by atoms with Crippen molar-refractivity contribution in [2.24, 2.45) is 5.92 Å². The molecule has 0 radical (unpaired) electrons. The molecule has 1 aliphatic carbocycles. The molecule has 152 valence electrons. The number of rotatable bonds is 8. The Kier molecular flexibility index (Phi) is 8.06. The standard InChI is InChI=1S/C21H28ClN3OS2/c1-15-19(20(26)24-27-2)23-21(28-15)25(14-17-6-4-3-5-7-17)13-12-16-8-10-18(22)11-9-16/h8-11,17H,3-7,12-14H2,1-2H3,(H,24,26). The molecule has 0 saturated heterocycles. The largest absolute Gasteiger partial charge is 0.347 e. The van der Waals surface area contributed by atoms with Crippen LogP contribution < -0.4 is 9.62 Å². The van der Waals surface area contributed by atoms with E-state index in [-0.39, 0.29) is 5.91 Å². The van der Waals surface area contributed by atoms with Crippen molar-refractivity contribution in [3.8, 4) is 0 Å². The number of carbonyl (C=O) groups excluding carboxylic acids is 1. The molecule has 28 heavy (non-hydrogen) atoms. The van der Waals surface area contributed by atoms with Crippen molar-refractivity contribution in [2.75, 3.05) is 24.2 Å². The van der Waals surface area contributed by atoms with Gasteiger partial charge < -0.3 is 4.90 Å². The molecule has 0 atom stereocenters. The Hall–Kier alpha value is -1.24. The second kappa shape index (κ2) is 10.5. The van der Waals surface area contributed by atoms with Crippen molar-refractivity contribution < 1.29 is 4.79 Å². The minimum absolute atomic E-state index is 0.109. The summed E-state index contributed by atoms with van der Waals surface area (Å²) in [5.74, 6) is 0.606. The van der Waals surface area contributed by atoms with Gasteiger partial charge in [-0.25, -0.2) is 4.98 Å². The van der Waals surface area contributed by atoms with Crippen LogP contribution in [-0.4, -0.2) is 30.2 Å². The Morgan fingerprint density at radius 3 is 2.68 bits per heavy atom. The number of aromatic nitrogens is 1. The smallest absolute Gasteiger partial charge is 0.280 e. The number of carbonyl (C=O) groups is 1. The molecule has 0 unspecified atom stereocenters. The SMILES string of the molecule is CSNC(=O)c1nc(N(CCc2ccc(Cl)cc2)CC2CCCCC2)sc1C. The van der Waals surface area contributed by atoms with Gasteiger partial charge in [-0.05, 0) is 49.8 Å². The number of thiazole rings is 1. The normalized spacial score (nSPS) is 14.8. The van der Waals surface area contributed by atoms with Crippen LogP contribution in [-0.2, 0) is 6.42 Å². The zero-order chi connectivity index (χ0) is 19.9. The van der Waals surface area contributed by atoms with Crippen LogP contribution in [0.5, 0.6) is 0 Å². The molecule has 1 aliphatic rings. The van der Waals surface area contributed by atoms with Crippen LogP contribution in [0.4, 0.5) is 5.13 Å². The van der Waals surface area contributed by atoms with E-state index in [1.165, 1.54) is 49.6 Å². The first-order valence-electron chi connectivity index (χ1n) is 9.87. The van der Waals surface area contributed by atoms with Gasteiger partial charge in [-0.15, -0.1) is 11.3 Å². The number of aryl methyl sites for hydroxylation is 1. The number of nitrogens with zero attached hydrogens (tertiary/aromatic N) is 2. The summed E-state index contributed by atoms with van der Waals surface area (Å²) in [5, 5.41) is 1.73. The fourth-order valence-corrected chi connectivity index (χ4v) is 5.08. The number of halogens is 1. The van der Waals surface area contributed by atoms with Gasteiger partial charge in [-0.2, -0.15) is 0 Å². The molecule has 1 aromatic carbocycles. The zero-order valence-corrected chi connectivity index (χ0v) is 18.9. The predicted molar refractivity (Wildman–Crippen MR) is 122 cm³/mol. The van der Waals surface area contributed by atoms with Gasteiger partial charge in [0.1, 0.15) is 5.69 Å². The van der Waals surface area contributed by atoms with Gasteiger partial charge in [0.2, 0.25) is 0 Å². The third-order valence-corrected chi connectivity index (χ3v) is 6.93. The molecule has 1 fully saturated rings. The van der Waals surface area contributed by atoms with Crippen molar-refractivity contribution in [1.29, 1.82) is 0 Å². The average molecular weight is 438 g/mol. The Labute approximate surface area is 181 Å². The summed E-state index contributed by atoms with van der Waals surface area (Å²) in [4.78, 5) is 20.4. The molecule has 2 aromatic rings. The van der Waals surface area contributed by atoms with E-state index < -0.39 is 0 Å². The molecule has 7 heteroatoms. The summed E-state index contributed by atoms with van der Waals surface area (Å²) < 4.78 is 2.79. The van der Waals surface area contributed by atoms with Crippen LogP contribution in [0, 0.1) is 12.8 Å². The van der Waals surface area contributed by atoms with E-state index in [0.717, 1.165) is 34.5 Å². The quantitative estimate of drug-likeness (QED) is 0.534. The summed E-state index contributed by atoms with van der Waals surface area (Å²) in [6, 6.07) is 8.07. The highest BCUT2D eigenvalue weighted by atomic mass is 35.5. The van der Waals surface area contributed by atoms with Crippen LogP contribution in [0.15, 0.2) is 24.3 Å². The van der Waals surface area contributed by atoms with Crippen LogP contribution in [0.2, 0.25) is 5.02 Å². The van der Waals surface area contributed by atoms with Gasteiger partial charge in [0, 0.05) is 29.2 Å². The van der Waals surface area contributed by atoms with E-state index in [2.05, 4.69) is 21.8 Å². The minimum atomic E-state index is -0.109. The zero-order valence-electron chi connectivity index (χ0n) is 16.5. The molecule has 0 spiro atoms. The topological polar surface area (TPSA) is 45.2 Å². The maximum absolute atomic E-state index is 12.3. The van der Waals surface area contributed by atoms with E-state index in [0.29, 0.717) is 11.6 Å². The molecule has 1 amide bonds. The van der Waals surface area contributed by atoms with Crippen LogP contribution in [0.25, 0.3) is 0 Å². The Balaban J connectivity index is 1.75. The molecule has 0 bridgehead atoms. The molecular formula is C21H28ClN3OS2. The first-order valence-corrected chi connectivity index (χ1v) is 12.3. The maximum atomic E-state index is 12.3. The highest BCUT2D eigenvalue weighted by molar-refractivity contribution is 7.97. The van der Waals surface area contributed by atoms with Crippen molar-refractivity contribution in [2.45, 2.75) is 45.4 Å². The second-order valence-electron chi connectivity index (χ2n) is 7.36. The summed E-state index contributed by atoms with van der Waals surface area (Å²) in [6.45, 7) is 3.90. The van der Waals surface area contributed by atoms with E-state index in [1.807, 2.05) is 25.3 Å². The number of hydrogen-bond donors (Lipinski definition) is 1. The third kappa shape index (κ3) is 5.88. The lowest BCUT2D eigenvalue weighted by molar-refractivity contribution is 0.0980. The van der Waals surface area contributed by atoms with Crippen LogP contribution in [0.3, 0.4) is 0 Å². The number of benzene rings is 1. The Morgan fingerprint density at radius 2 is 2.00 bits per heavy atom. The average Bonchev–Trinajstić information content (AvgIpc) is 3.09. The van der Waals surface area contributed by atoms with E-state index >= 15 is 0 Å². The predicted octanol–water partition coefficient (Wildman–Crippen LogP) is 5.74. The molecule has 4 nitrogen and oxygen atoms in total. The summed E-state index contributed by atoms with van der Waals surface area (Å²) in [7, 11) is 0. The van der Waals surface area contributed by atoms with Gasteiger partial charge >= 0.3 is 0 Å². The molecule has 0 aliphatic heterocycles. The van der Waals surface area contributed by atoms with Gasteiger partial charge in [0.25, 0.3) is 5.91 Å². The third-order valence-electron chi connectivity index (χ3n) is 5.25. The Bertz CT molecular complexity index is 772. The minimum Gasteiger partial charge on any atom is -0.347 e. The summed E-state index contributed by atoms with van der Waals surface area (Å²) in [5.41, 5.74) is 1.82. The number of nitrogens with one attached hydrogen (secondary N) is 1. The lowest BCUT2D eigenvalue weighted by Crippen LogP contribution is -2.32. The van der Waals surface area contributed by atoms with Crippen molar-refractivity contribution in [1.82, 2.24) is 9.71 Å². The number of hydrogen-bond acceptors (Lipinski definition) is 5. The van der Waals surface area contributed by atoms with Crippen molar-refractivity contribution >= 4 is 45.9 Å². The van der Waals surface area contributed by atoms with E-state index in [9.17, 15) is 4.79 Å². The number of anilines is 1. The van der Waals surface area contributed by atoms with E-state index in [1.54, 1.807) is 11.3 Å². The van der Waals surface area contributed by atoms with Gasteiger partial charge in [-0.3, -0.25) is 9.52 Å². The van der Waals surface area contributed by atoms with Gasteiger partial charge in [0.15, 0.2) is 5.13 Å². The maximum Gasteiger partial charge on any atom is 0.280 e. The molecular weight excluding hydrogens is 410 g/mol. The second-order valence-corrected chi connectivity index (χ2v) is 9.59. The fourth-order valence-electron chi connectivity index (χ4n) is 3.73. The molecule has 1 N–H and O–H groups in total. The van der Waals surface area contributed by atoms with E-state index in [4.69, 9.17) is 16.6 Å².